The minimum atomic E-state index is -2.84. The zero-order valence-electron chi connectivity index (χ0n) is 80.0. The predicted molar refractivity (Wildman–Crippen MR) is 522 cm³/mol. The SMILES string of the molecule is CC(C)(C)c1cc2c(cc1-c1cc(-n3c4ccccc4n4c5ccccc5nc34)cc3c1Oc1ccccc1[Si](C)(C)C3(C)C)-c1ccccc1-c1ncncc1-c1ccccc1-2.[2H]C([2H])([2H])c1ccc2c(c1)Oc1c(cc(-c3c(C([2H])([2H])C)ccc4c3nc3sc5ccccc5n34)c(C([2H])([2H])[2H])c1-c1ccc3c(c1)-c1ccccc1-c1ncncc1-c1ccccc1-3)C(C)(C)C2(C)C. The Hall–Kier alpha value is -14.0. The highest BCUT2D eigenvalue weighted by Gasteiger charge is 2.50. The number of nitrogens with zero attached hydrogens (tertiary/aromatic N) is 9. The van der Waals surface area contributed by atoms with E-state index in [0.29, 0.717) is 44.0 Å². The Morgan fingerprint density at radius 1 is 0.437 bits per heavy atom. The monoisotopic (exact) mass is 1680 g/mol. The highest BCUT2D eigenvalue weighted by atomic mass is 32.1. The summed E-state index contributed by atoms with van der Waals surface area (Å²) in [5.74, 6) is 3.34. The molecule has 0 saturated heterocycles. The summed E-state index contributed by atoms with van der Waals surface area (Å²) >= 11 is 1.52. The first kappa shape index (κ1) is 68.5. The van der Waals surface area contributed by atoms with Crippen LogP contribution in [0.4, 0.5) is 0 Å². The van der Waals surface area contributed by atoms with Crippen molar-refractivity contribution in [2.75, 3.05) is 0 Å². The maximum absolute atomic E-state index is 9.70. The second-order valence-corrected chi connectivity index (χ2v) is 43.1. The minimum Gasteiger partial charge on any atom is -0.457 e. The van der Waals surface area contributed by atoms with Gasteiger partial charge in [-0.05, 0) is 221 Å². The zero-order chi connectivity index (χ0) is 92.7. The van der Waals surface area contributed by atoms with Crippen LogP contribution >= 0.6 is 11.3 Å². The van der Waals surface area contributed by atoms with Crippen LogP contribution in [-0.4, -0.2) is 51.3 Å². The standard InChI is InChI=1S/C57H46N4OS.C56H47N5OSi/c1-8-34-23-26-47-53(60-55-61(47)46-19-13-14-20-49(46)63-55)51(34)41-29-45-54(62-48-27-32(2)21-25-44(48)56(4,5)57(45,6)7)50(33(41)3)35-22-24-39-36-15-9-10-16-37(36)43-30-58-31-59-52(43)40-18-12-11-17-38(40)42(39)28-35;1-55(2,3)44-31-40-35-18-8-9-19-36(35)43-32-57-33-58-52(43)38-21-11-10-20-37(38)39(40)30-41(44)42-28-34(29-45-53(42)62-50-26-16-17-27-51(50)63(6,7)56(45,4)5)60-48-24-14-15-25-49(48)61-47-23-13-12-22-46(47)59-54(60)61/h9-31H,8H2,1-7H3;8-33H,1-7H3/i2D3,3D3,8D2;. The maximum atomic E-state index is 9.70. The molecule has 11 nitrogen and oxygen atoms in total. The topological polar surface area (TPSA) is 110 Å². The van der Waals surface area contributed by atoms with Crippen molar-refractivity contribution in [1.82, 2.24) is 43.3 Å². The zero-order valence-corrected chi connectivity index (χ0v) is 73.9. The Morgan fingerprint density at radius 3 is 1.68 bits per heavy atom. The third kappa shape index (κ3) is 11.2. The first-order chi connectivity index (χ1) is 64.1. The van der Waals surface area contributed by atoms with E-state index < -0.39 is 39.0 Å². The van der Waals surface area contributed by atoms with Gasteiger partial charge in [-0.15, -0.1) is 0 Å². The highest BCUT2D eigenvalue weighted by molar-refractivity contribution is 7.23. The fraction of sp³-hybridized carbons (Fsp3) is 0.168. The molecule has 6 aromatic heterocycles. The molecule has 0 unspecified atom stereocenters. The number of benzene rings is 14. The van der Waals surface area contributed by atoms with Crippen LogP contribution in [0.2, 0.25) is 13.1 Å². The molecule has 0 atom stereocenters. The summed E-state index contributed by atoms with van der Waals surface area (Å²) in [7, 11) is -2.28. The van der Waals surface area contributed by atoms with Crippen LogP contribution in [0.3, 0.4) is 0 Å². The van der Waals surface area contributed by atoms with E-state index >= 15 is 0 Å². The van der Waals surface area contributed by atoms with E-state index in [4.69, 9.17) is 33.5 Å². The fourth-order valence-corrected chi connectivity index (χ4v) is 24.4. The molecule has 13 heteroatoms. The molecule has 0 fully saturated rings. The Bertz CT molecular complexity index is 8420. The van der Waals surface area contributed by atoms with Gasteiger partial charge in [0.1, 0.15) is 35.7 Å². The van der Waals surface area contributed by atoms with E-state index in [1.165, 1.54) is 40.1 Å². The summed E-state index contributed by atoms with van der Waals surface area (Å²) in [6, 6.07) is 93.9. The van der Waals surface area contributed by atoms with Gasteiger partial charge in [-0.2, -0.15) is 0 Å². The van der Waals surface area contributed by atoms with E-state index in [1.54, 1.807) is 30.9 Å². The van der Waals surface area contributed by atoms with E-state index in [0.717, 1.165) is 156 Å². The summed E-state index contributed by atoms with van der Waals surface area (Å²) in [4.78, 5) is 30.1. The summed E-state index contributed by atoms with van der Waals surface area (Å²) in [5, 5.41) is 1.08. The van der Waals surface area contributed by atoms with Crippen LogP contribution in [0.5, 0.6) is 23.0 Å². The quantitative estimate of drug-likeness (QED) is 0.157. The Balaban J connectivity index is 0.000000152. The van der Waals surface area contributed by atoms with Crippen molar-refractivity contribution >= 4 is 78.7 Å². The molecular weight excluding hydrogens is 1580 g/mol. The van der Waals surface area contributed by atoms with Crippen LogP contribution in [0.25, 0.3) is 182 Å². The molecule has 0 amide bonds. The molecule has 0 N–H and O–H groups in total. The van der Waals surface area contributed by atoms with Crippen molar-refractivity contribution in [1.29, 1.82) is 0 Å². The van der Waals surface area contributed by atoms with E-state index in [1.807, 2.05) is 103 Å². The van der Waals surface area contributed by atoms with Gasteiger partial charge in [-0.25, -0.2) is 29.9 Å². The van der Waals surface area contributed by atoms with Crippen LogP contribution in [0.1, 0.15) is 119 Å². The molecule has 612 valence electrons. The maximum Gasteiger partial charge on any atom is 0.220 e. The van der Waals surface area contributed by atoms with E-state index in [2.05, 4.69) is 263 Å². The molecule has 2 aliphatic heterocycles. The molecule has 4 aliphatic rings. The minimum absolute atomic E-state index is 0.0444. The average Bonchev–Trinajstić information content (AvgIpc) is 1.46. The molecule has 0 spiro atoms. The first-order valence-electron chi connectivity index (χ1n) is 47.1. The van der Waals surface area contributed by atoms with Gasteiger partial charge in [0.25, 0.3) is 0 Å². The molecule has 8 heterocycles. The number of ether oxygens (including phenoxy) is 2. The second-order valence-electron chi connectivity index (χ2n) is 37.0. The molecule has 126 heavy (non-hydrogen) atoms. The number of hydrogen-bond acceptors (Lipinski definition) is 9. The number of fused-ring (bicyclic) bond motifs is 30. The second kappa shape index (κ2) is 28.0. The molecule has 20 aromatic rings. The van der Waals surface area contributed by atoms with Crippen LogP contribution in [-0.2, 0) is 27.7 Å². The Kier molecular flexibility index (Phi) is 15.2. The number of thiazole rings is 1. The van der Waals surface area contributed by atoms with Crippen molar-refractivity contribution in [3.05, 3.63) is 337 Å². The molecule has 24 rings (SSSR count). The molecule has 0 radical (unpaired) electrons. The number of aromatic nitrogens is 9. The summed E-state index contributed by atoms with van der Waals surface area (Å²) in [6.45, 7) is 21.5. The molecular formula is C113H93N9O2SSi. The van der Waals surface area contributed by atoms with Crippen LogP contribution < -0.4 is 14.7 Å². The lowest BCUT2D eigenvalue weighted by atomic mass is 9.60. The first-order valence-corrected chi connectivity index (χ1v) is 46.9. The summed E-state index contributed by atoms with van der Waals surface area (Å²) in [5.41, 5.74) is 29.4. The van der Waals surface area contributed by atoms with Gasteiger partial charge in [0.2, 0.25) is 5.78 Å². The lowest BCUT2D eigenvalue weighted by Crippen LogP contribution is -2.56. The largest absolute Gasteiger partial charge is 0.457 e. The number of imidazole rings is 3. The van der Waals surface area contributed by atoms with Gasteiger partial charge in [0.05, 0.1) is 68.5 Å². The highest BCUT2D eigenvalue weighted by Crippen LogP contribution is 2.61. The van der Waals surface area contributed by atoms with Gasteiger partial charge in [-0.1, -0.05) is 276 Å². The van der Waals surface area contributed by atoms with Gasteiger partial charge in [-0.3, -0.25) is 13.4 Å². The smallest absolute Gasteiger partial charge is 0.220 e. The molecule has 0 bridgehead atoms. The molecule has 14 aromatic carbocycles. The van der Waals surface area contributed by atoms with Crippen molar-refractivity contribution in [3.63, 3.8) is 0 Å². The van der Waals surface area contributed by atoms with Crippen molar-refractivity contribution in [3.8, 4) is 151 Å². The predicted octanol–water partition coefficient (Wildman–Crippen LogP) is 29.1. The van der Waals surface area contributed by atoms with Gasteiger partial charge < -0.3 is 9.47 Å². The summed E-state index contributed by atoms with van der Waals surface area (Å²) < 4.78 is 95.6. The Labute approximate surface area is 749 Å². The lowest BCUT2D eigenvalue weighted by molar-refractivity contribution is 0.306. The van der Waals surface area contributed by atoms with Gasteiger partial charge in [0.15, 0.2) is 4.96 Å². The number of hydrogen-bond donors (Lipinski definition) is 0. The molecule has 2 aliphatic carbocycles. The van der Waals surface area contributed by atoms with Crippen molar-refractivity contribution in [2.45, 2.75) is 124 Å². The average molecular weight is 1680 g/mol. The summed E-state index contributed by atoms with van der Waals surface area (Å²) in [6.07, 6.45) is 5.08. The number of aryl methyl sites for hydroxylation is 2. The lowest BCUT2D eigenvalue weighted by Gasteiger charge is -2.42. The van der Waals surface area contributed by atoms with Crippen LogP contribution in [0, 0.1) is 13.7 Å². The van der Waals surface area contributed by atoms with Gasteiger partial charge >= 0.3 is 0 Å². The third-order valence-electron chi connectivity index (χ3n) is 28.4. The van der Waals surface area contributed by atoms with E-state index in [9.17, 15) is 6.85 Å². The van der Waals surface area contributed by atoms with Crippen molar-refractivity contribution < 1.29 is 20.4 Å². The normalized spacial score (nSPS) is 15.8. The molecule has 0 saturated carbocycles. The number of para-hydroxylation sites is 6. The number of rotatable bonds is 5. The van der Waals surface area contributed by atoms with Crippen LogP contribution in [0.15, 0.2) is 298 Å². The van der Waals surface area contributed by atoms with Gasteiger partial charge in [0, 0.05) is 89.8 Å². The third-order valence-corrected chi connectivity index (χ3v) is 34.6. The van der Waals surface area contributed by atoms with E-state index in [-0.39, 0.29) is 38.5 Å². The Morgan fingerprint density at radius 2 is 1.01 bits per heavy atom. The van der Waals surface area contributed by atoms with Crippen molar-refractivity contribution in [2.24, 2.45) is 0 Å². The fourth-order valence-electron chi connectivity index (χ4n) is 20.6.